The predicted octanol–water partition coefficient (Wildman–Crippen LogP) is 2.77. The number of rotatable bonds is 5. The van der Waals surface area contributed by atoms with Gasteiger partial charge in [-0.2, -0.15) is 0 Å². The highest BCUT2D eigenvalue weighted by Gasteiger charge is 2.44. The summed E-state index contributed by atoms with van der Waals surface area (Å²) in [5.74, 6) is -0.722. The second kappa shape index (κ2) is 5.11. The van der Waals surface area contributed by atoms with E-state index in [4.69, 9.17) is 4.74 Å². The van der Waals surface area contributed by atoms with Gasteiger partial charge in [-0.1, -0.05) is 24.3 Å². The van der Waals surface area contributed by atoms with Crippen LogP contribution in [-0.2, 0) is 21.4 Å². The standard InChI is InChI=1S/C15H20O3/c1-11(2)18-10-9-15(14(16)17)8-7-12-5-3-4-6-13(12)15/h3-6,11H,7-10H2,1-2H3,(H,16,17). The fraction of sp³-hybridized carbons (Fsp3) is 0.533. The molecular weight excluding hydrogens is 228 g/mol. The molecule has 18 heavy (non-hydrogen) atoms. The average molecular weight is 248 g/mol. The number of hydrogen-bond acceptors (Lipinski definition) is 2. The van der Waals surface area contributed by atoms with E-state index in [1.165, 1.54) is 5.56 Å². The maximum Gasteiger partial charge on any atom is 0.314 e. The summed E-state index contributed by atoms with van der Waals surface area (Å²) in [7, 11) is 0. The van der Waals surface area contributed by atoms with E-state index in [2.05, 4.69) is 0 Å². The monoisotopic (exact) mass is 248 g/mol. The SMILES string of the molecule is CC(C)OCCC1(C(=O)O)CCc2ccccc21. The quantitative estimate of drug-likeness (QED) is 0.871. The molecule has 1 aliphatic carbocycles. The zero-order valence-corrected chi connectivity index (χ0v) is 11.0. The molecule has 0 amide bonds. The second-order valence-corrected chi connectivity index (χ2v) is 5.21. The van der Waals surface area contributed by atoms with E-state index in [1.807, 2.05) is 38.1 Å². The first-order valence-electron chi connectivity index (χ1n) is 6.49. The number of carboxylic acid groups (broad SMARTS) is 1. The lowest BCUT2D eigenvalue weighted by Crippen LogP contribution is -2.35. The number of benzene rings is 1. The summed E-state index contributed by atoms with van der Waals surface area (Å²) in [5.41, 5.74) is 1.40. The van der Waals surface area contributed by atoms with Crippen molar-refractivity contribution in [3.05, 3.63) is 35.4 Å². The molecule has 0 aliphatic heterocycles. The molecule has 0 radical (unpaired) electrons. The van der Waals surface area contributed by atoms with Crippen LogP contribution in [0.5, 0.6) is 0 Å². The molecule has 1 unspecified atom stereocenters. The number of carbonyl (C=O) groups is 1. The van der Waals surface area contributed by atoms with Crippen molar-refractivity contribution in [2.45, 2.75) is 44.6 Å². The summed E-state index contributed by atoms with van der Waals surface area (Å²) >= 11 is 0. The van der Waals surface area contributed by atoms with Crippen LogP contribution in [0.3, 0.4) is 0 Å². The Morgan fingerprint density at radius 3 is 2.83 bits per heavy atom. The summed E-state index contributed by atoms with van der Waals surface area (Å²) in [6.07, 6.45) is 2.23. The van der Waals surface area contributed by atoms with Gasteiger partial charge < -0.3 is 9.84 Å². The van der Waals surface area contributed by atoms with E-state index in [0.29, 0.717) is 19.4 Å². The van der Waals surface area contributed by atoms with Crippen molar-refractivity contribution < 1.29 is 14.6 Å². The molecule has 0 bridgehead atoms. The van der Waals surface area contributed by atoms with Crippen LogP contribution in [0.15, 0.2) is 24.3 Å². The summed E-state index contributed by atoms with van der Waals surface area (Å²) in [6.45, 7) is 4.43. The van der Waals surface area contributed by atoms with Crippen molar-refractivity contribution >= 4 is 5.97 Å². The van der Waals surface area contributed by atoms with E-state index in [0.717, 1.165) is 12.0 Å². The first kappa shape index (κ1) is 13.1. The van der Waals surface area contributed by atoms with Gasteiger partial charge in [-0.25, -0.2) is 0 Å². The molecule has 0 heterocycles. The van der Waals surface area contributed by atoms with E-state index >= 15 is 0 Å². The first-order chi connectivity index (χ1) is 8.56. The van der Waals surface area contributed by atoms with Gasteiger partial charge in [0, 0.05) is 6.61 Å². The lowest BCUT2D eigenvalue weighted by atomic mass is 9.79. The highest BCUT2D eigenvalue weighted by Crippen LogP contribution is 2.41. The van der Waals surface area contributed by atoms with Gasteiger partial charge in [0.1, 0.15) is 0 Å². The highest BCUT2D eigenvalue weighted by atomic mass is 16.5. The van der Waals surface area contributed by atoms with Crippen molar-refractivity contribution in [2.75, 3.05) is 6.61 Å². The number of hydrogen-bond donors (Lipinski definition) is 1. The molecule has 98 valence electrons. The van der Waals surface area contributed by atoms with E-state index in [-0.39, 0.29) is 6.10 Å². The van der Waals surface area contributed by atoms with Gasteiger partial charge in [-0.15, -0.1) is 0 Å². The smallest absolute Gasteiger partial charge is 0.314 e. The van der Waals surface area contributed by atoms with E-state index < -0.39 is 11.4 Å². The molecule has 0 saturated heterocycles. The van der Waals surface area contributed by atoms with E-state index in [1.54, 1.807) is 0 Å². The van der Waals surface area contributed by atoms with Crippen LogP contribution in [0.25, 0.3) is 0 Å². The molecule has 0 saturated carbocycles. The lowest BCUT2D eigenvalue weighted by Gasteiger charge is -2.26. The second-order valence-electron chi connectivity index (χ2n) is 5.21. The molecule has 0 aromatic heterocycles. The number of aryl methyl sites for hydroxylation is 1. The molecule has 1 aromatic rings. The minimum atomic E-state index is -0.745. The number of aliphatic carboxylic acids is 1. The van der Waals surface area contributed by atoms with Gasteiger partial charge in [0.25, 0.3) is 0 Å². The molecule has 1 atom stereocenters. The fourth-order valence-corrected chi connectivity index (χ4v) is 2.75. The van der Waals surface area contributed by atoms with Crippen LogP contribution < -0.4 is 0 Å². The van der Waals surface area contributed by atoms with Crippen molar-refractivity contribution in [1.82, 2.24) is 0 Å². The summed E-state index contributed by atoms with van der Waals surface area (Å²) < 4.78 is 5.53. The van der Waals surface area contributed by atoms with Gasteiger partial charge in [0.15, 0.2) is 0 Å². The third kappa shape index (κ3) is 2.27. The Morgan fingerprint density at radius 1 is 1.44 bits per heavy atom. The fourth-order valence-electron chi connectivity index (χ4n) is 2.75. The Bertz CT molecular complexity index is 439. The van der Waals surface area contributed by atoms with Gasteiger partial charge in [-0.3, -0.25) is 4.79 Å². The molecule has 3 heteroatoms. The van der Waals surface area contributed by atoms with Crippen molar-refractivity contribution in [3.63, 3.8) is 0 Å². The topological polar surface area (TPSA) is 46.5 Å². The van der Waals surface area contributed by atoms with Crippen LogP contribution in [0.2, 0.25) is 0 Å². The van der Waals surface area contributed by atoms with Crippen LogP contribution in [0.1, 0.15) is 37.8 Å². The third-order valence-corrected chi connectivity index (χ3v) is 3.74. The minimum Gasteiger partial charge on any atom is -0.481 e. The largest absolute Gasteiger partial charge is 0.481 e. The summed E-state index contributed by atoms with van der Waals surface area (Å²) in [5, 5.41) is 9.62. The van der Waals surface area contributed by atoms with Gasteiger partial charge in [0.05, 0.1) is 11.5 Å². The van der Waals surface area contributed by atoms with Crippen molar-refractivity contribution in [2.24, 2.45) is 0 Å². The van der Waals surface area contributed by atoms with Crippen molar-refractivity contribution in [1.29, 1.82) is 0 Å². The summed E-state index contributed by atoms with van der Waals surface area (Å²) in [6, 6.07) is 7.88. The molecule has 1 aromatic carbocycles. The van der Waals surface area contributed by atoms with Crippen LogP contribution in [0.4, 0.5) is 0 Å². The maximum absolute atomic E-state index is 11.7. The zero-order valence-electron chi connectivity index (χ0n) is 11.0. The molecule has 3 nitrogen and oxygen atoms in total. The molecule has 0 spiro atoms. The lowest BCUT2D eigenvalue weighted by molar-refractivity contribution is -0.145. The molecule has 2 rings (SSSR count). The molecular formula is C15H20O3. The zero-order chi connectivity index (χ0) is 13.2. The summed E-state index contributed by atoms with van der Waals surface area (Å²) in [4.78, 5) is 11.7. The average Bonchev–Trinajstić information content (AvgIpc) is 2.69. The third-order valence-electron chi connectivity index (χ3n) is 3.74. The molecule has 1 N–H and O–H groups in total. The number of carboxylic acids is 1. The molecule has 1 aliphatic rings. The van der Waals surface area contributed by atoms with Crippen LogP contribution in [-0.4, -0.2) is 23.8 Å². The van der Waals surface area contributed by atoms with Crippen LogP contribution >= 0.6 is 0 Å². The number of fused-ring (bicyclic) bond motifs is 1. The Labute approximate surface area is 108 Å². The Balaban J connectivity index is 2.22. The maximum atomic E-state index is 11.7. The first-order valence-corrected chi connectivity index (χ1v) is 6.49. The Kier molecular flexibility index (Phi) is 3.71. The Hall–Kier alpha value is -1.35. The Morgan fingerprint density at radius 2 is 2.17 bits per heavy atom. The highest BCUT2D eigenvalue weighted by molar-refractivity contribution is 5.83. The van der Waals surface area contributed by atoms with E-state index in [9.17, 15) is 9.90 Å². The predicted molar refractivity (Wildman–Crippen MR) is 69.8 cm³/mol. The number of ether oxygens (including phenoxy) is 1. The minimum absolute atomic E-state index is 0.146. The van der Waals surface area contributed by atoms with Gasteiger partial charge >= 0.3 is 5.97 Å². The normalized spacial score (nSPS) is 22.2. The molecule has 0 fully saturated rings. The van der Waals surface area contributed by atoms with Crippen molar-refractivity contribution in [3.8, 4) is 0 Å². The van der Waals surface area contributed by atoms with Gasteiger partial charge in [0.2, 0.25) is 0 Å². The van der Waals surface area contributed by atoms with Gasteiger partial charge in [-0.05, 0) is 44.2 Å². The van der Waals surface area contributed by atoms with Crippen LogP contribution in [0, 0.1) is 0 Å².